The Balaban J connectivity index is 1.48. The number of piperazine rings is 1. The topological polar surface area (TPSA) is 60.9 Å². The minimum absolute atomic E-state index is 0.112. The van der Waals surface area contributed by atoms with Crippen LogP contribution in [0.15, 0.2) is 40.6 Å². The average Bonchev–Trinajstić information content (AvgIpc) is 3.40. The fraction of sp³-hybridized carbons (Fsp3) is 0.421. The summed E-state index contributed by atoms with van der Waals surface area (Å²) < 4.78 is 41.2. The van der Waals surface area contributed by atoms with Crippen LogP contribution in [0.1, 0.15) is 22.5 Å². The van der Waals surface area contributed by atoms with Crippen molar-refractivity contribution in [1.29, 1.82) is 0 Å². The number of hydrogen-bond donors (Lipinski definition) is 0. The van der Waals surface area contributed by atoms with E-state index in [2.05, 4.69) is 0 Å². The molecule has 0 bridgehead atoms. The van der Waals surface area contributed by atoms with Gasteiger partial charge in [0, 0.05) is 39.3 Å². The van der Waals surface area contributed by atoms with Crippen LogP contribution in [0.4, 0.5) is 10.1 Å². The van der Waals surface area contributed by atoms with Crippen molar-refractivity contribution in [2.45, 2.75) is 17.7 Å². The Morgan fingerprint density at radius 2 is 1.64 bits per heavy atom. The van der Waals surface area contributed by atoms with Gasteiger partial charge in [-0.25, -0.2) is 12.8 Å². The first kappa shape index (κ1) is 19.4. The number of sulfonamides is 1. The highest BCUT2D eigenvalue weighted by atomic mass is 32.2. The molecule has 6 nitrogen and oxygen atoms in total. The molecular weight excluding hydrogens is 401 g/mol. The Kier molecular flexibility index (Phi) is 5.39. The molecule has 2 fully saturated rings. The van der Waals surface area contributed by atoms with Gasteiger partial charge in [0.25, 0.3) is 5.91 Å². The molecule has 0 saturated carbocycles. The van der Waals surface area contributed by atoms with E-state index in [0.717, 1.165) is 12.8 Å². The summed E-state index contributed by atoms with van der Waals surface area (Å²) in [5.74, 6) is -0.541. The highest BCUT2D eigenvalue weighted by Gasteiger charge is 2.34. The van der Waals surface area contributed by atoms with Crippen LogP contribution in [0.2, 0.25) is 0 Å². The lowest BCUT2D eigenvalue weighted by Crippen LogP contribution is -2.49. The van der Waals surface area contributed by atoms with Crippen LogP contribution < -0.4 is 4.90 Å². The summed E-state index contributed by atoms with van der Waals surface area (Å²) in [6, 6.07) is 8.12. The lowest BCUT2D eigenvalue weighted by molar-refractivity contribution is 0.0748. The number of para-hydroxylation sites is 1. The molecule has 0 aliphatic carbocycles. The number of amides is 1. The molecule has 0 N–H and O–H groups in total. The number of rotatable bonds is 4. The van der Waals surface area contributed by atoms with Crippen molar-refractivity contribution in [3.05, 3.63) is 46.4 Å². The second-order valence-corrected chi connectivity index (χ2v) is 9.78. The van der Waals surface area contributed by atoms with Gasteiger partial charge in [0.1, 0.15) is 15.6 Å². The van der Waals surface area contributed by atoms with Gasteiger partial charge in [-0.05, 0) is 36.4 Å². The highest BCUT2D eigenvalue weighted by Crippen LogP contribution is 2.29. The summed E-state index contributed by atoms with van der Waals surface area (Å²) in [6.45, 7) is 2.88. The molecule has 0 unspecified atom stereocenters. The first-order chi connectivity index (χ1) is 13.5. The van der Waals surface area contributed by atoms with E-state index in [4.69, 9.17) is 0 Å². The standard InChI is InChI=1S/C19H22FN3O3S2/c20-15-5-1-2-6-16(15)21-10-12-22(13-11-21)19(24)18-17(7-14-27-18)28(25,26)23-8-3-4-9-23/h1-2,5-7,14H,3-4,8-13H2. The predicted molar refractivity (Wildman–Crippen MR) is 107 cm³/mol. The molecule has 9 heteroatoms. The molecule has 3 heterocycles. The first-order valence-corrected chi connectivity index (χ1v) is 11.7. The minimum atomic E-state index is -3.63. The van der Waals surface area contributed by atoms with Crippen LogP contribution in [0.3, 0.4) is 0 Å². The summed E-state index contributed by atoms with van der Waals surface area (Å²) in [7, 11) is -3.63. The maximum atomic E-state index is 14.0. The molecule has 1 aromatic carbocycles. The van der Waals surface area contributed by atoms with Gasteiger partial charge in [-0.3, -0.25) is 4.79 Å². The number of carbonyl (C=O) groups is 1. The zero-order chi connectivity index (χ0) is 19.7. The van der Waals surface area contributed by atoms with E-state index < -0.39 is 10.0 Å². The normalized spacial score (nSPS) is 18.6. The number of benzene rings is 1. The largest absolute Gasteiger partial charge is 0.366 e. The van der Waals surface area contributed by atoms with Crippen LogP contribution in [0, 0.1) is 5.82 Å². The molecule has 0 radical (unpaired) electrons. The Morgan fingerprint density at radius 1 is 0.964 bits per heavy atom. The summed E-state index contributed by atoms with van der Waals surface area (Å²) >= 11 is 1.17. The summed E-state index contributed by atoms with van der Waals surface area (Å²) in [4.78, 5) is 17.0. The second-order valence-electron chi connectivity index (χ2n) is 6.96. The third-order valence-electron chi connectivity index (χ3n) is 5.27. The number of halogens is 1. The Hall–Kier alpha value is -1.97. The Bertz CT molecular complexity index is 962. The van der Waals surface area contributed by atoms with Crippen molar-refractivity contribution in [2.75, 3.05) is 44.2 Å². The molecule has 0 atom stereocenters. The number of nitrogens with zero attached hydrogens (tertiary/aromatic N) is 3. The Labute approximate surface area is 168 Å². The van der Waals surface area contributed by atoms with E-state index in [9.17, 15) is 17.6 Å². The van der Waals surface area contributed by atoms with E-state index in [-0.39, 0.29) is 21.5 Å². The van der Waals surface area contributed by atoms with Gasteiger partial charge in [0.2, 0.25) is 10.0 Å². The van der Waals surface area contributed by atoms with Crippen LogP contribution in [0.5, 0.6) is 0 Å². The van der Waals surface area contributed by atoms with Gasteiger partial charge < -0.3 is 9.80 Å². The van der Waals surface area contributed by atoms with Crippen molar-refractivity contribution in [3.8, 4) is 0 Å². The molecule has 2 saturated heterocycles. The number of carbonyl (C=O) groups excluding carboxylic acids is 1. The average molecular weight is 424 g/mol. The van der Waals surface area contributed by atoms with Crippen molar-refractivity contribution < 1.29 is 17.6 Å². The van der Waals surface area contributed by atoms with E-state index in [1.54, 1.807) is 28.5 Å². The zero-order valence-electron chi connectivity index (χ0n) is 15.4. The van der Waals surface area contributed by atoms with E-state index >= 15 is 0 Å². The minimum Gasteiger partial charge on any atom is -0.366 e. The lowest BCUT2D eigenvalue weighted by Gasteiger charge is -2.36. The lowest BCUT2D eigenvalue weighted by atomic mass is 10.2. The molecule has 0 spiro atoms. The highest BCUT2D eigenvalue weighted by molar-refractivity contribution is 7.89. The molecule has 2 aromatic rings. The molecule has 150 valence electrons. The van der Waals surface area contributed by atoms with Gasteiger partial charge in [-0.2, -0.15) is 4.31 Å². The van der Waals surface area contributed by atoms with Gasteiger partial charge in [-0.1, -0.05) is 12.1 Å². The number of hydrogen-bond acceptors (Lipinski definition) is 5. The van der Waals surface area contributed by atoms with Crippen LogP contribution in [-0.2, 0) is 10.0 Å². The van der Waals surface area contributed by atoms with Crippen molar-refractivity contribution >= 4 is 33.0 Å². The fourth-order valence-electron chi connectivity index (χ4n) is 3.73. The molecule has 1 amide bonds. The molecule has 4 rings (SSSR count). The molecular formula is C19H22FN3O3S2. The predicted octanol–water partition coefficient (Wildman–Crippen LogP) is 2.63. The number of anilines is 1. The SMILES string of the molecule is O=C(c1sccc1S(=O)(=O)N1CCCC1)N1CCN(c2ccccc2F)CC1. The zero-order valence-corrected chi connectivity index (χ0v) is 17.0. The quantitative estimate of drug-likeness (QED) is 0.759. The third-order valence-corrected chi connectivity index (χ3v) is 8.24. The van der Waals surface area contributed by atoms with Crippen LogP contribution in [-0.4, -0.2) is 62.8 Å². The van der Waals surface area contributed by atoms with Gasteiger partial charge in [0.05, 0.1) is 5.69 Å². The van der Waals surface area contributed by atoms with Gasteiger partial charge in [-0.15, -0.1) is 11.3 Å². The third kappa shape index (κ3) is 3.54. The molecule has 2 aliphatic heterocycles. The van der Waals surface area contributed by atoms with E-state index in [1.807, 2.05) is 4.90 Å². The molecule has 28 heavy (non-hydrogen) atoms. The number of thiophene rings is 1. The fourth-order valence-corrected chi connectivity index (χ4v) is 6.61. The van der Waals surface area contributed by atoms with E-state index in [0.29, 0.717) is 45.0 Å². The van der Waals surface area contributed by atoms with Crippen molar-refractivity contribution in [1.82, 2.24) is 9.21 Å². The first-order valence-electron chi connectivity index (χ1n) is 9.35. The molecule has 1 aromatic heterocycles. The van der Waals surface area contributed by atoms with Gasteiger partial charge >= 0.3 is 0 Å². The maximum absolute atomic E-state index is 14.0. The maximum Gasteiger partial charge on any atom is 0.265 e. The van der Waals surface area contributed by atoms with Gasteiger partial charge in [0.15, 0.2) is 0 Å². The summed E-state index contributed by atoms with van der Waals surface area (Å²) in [5.41, 5.74) is 0.531. The van der Waals surface area contributed by atoms with E-state index in [1.165, 1.54) is 27.8 Å². The molecule has 2 aliphatic rings. The van der Waals surface area contributed by atoms with Crippen LogP contribution in [0.25, 0.3) is 0 Å². The Morgan fingerprint density at radius 3 is 2.32 bits per heavy atom. The van der Waals surface area contributed by atoms with Crippen LogP contribution >= 0.6 is 11.3 Å². The second kappa shape index (κ2) is 7.81. The monoisotopic (exact) mass is 423 g/mol. The summed E-state index contributed by atoms with van der Waals surface area (Å²) in [6.07, 6.45) is 1.70. The smallest absolute Gasteiger partial charge is 0.265 e. The van der Waals surface area contributed by atoms with Crippen molar-refractivity contribution in [3.63, 3.8) is 0 Å². The summed E-state index contributed by atoms with van der Waals surface area (Å²) in [5, 5.41) is 1.66. The van der Waals surface area contributed by atoms with Crippen molar-refractivity contribution in [2.24, 2.45) is 0 Å².